The third kappa shape index (κ3) is 4.50. The van der Waals surface area contributed by atoms with Crippen LogP contribution in [-0.2, 0) is 0 Å². The fraction of sp³-hybridized carbons (Fsp3) is 0.500. The van der Waals surface area contributed by atoms with Crippen molar-refractivity contribution in [2.24, 2.45) is 29.4 Å². The van der Waals surface area contributed by atoms with Crippen LogP contribution in [0.4, 0.5) is 5.69 Å². The minimum atomic E-state index is -0.458. The molecule has 6 heteroatoms. The van der Waals surface area contributed by atoms with E-state index in [1.54, 1.807) is 13.3 Å². The summed E-state index contributed by atoms with van der Waals surface area (Å²) in [4.78, 5) is 12.3. The van der Waals surface area contributed by atoms with Crippen LogP contribution < -0.4 is 15.8 Å². The van der Waals surface area contributed by atoms with Gasteiger partial charge in [0, 0.05) is 23.4 Å². The van der Waals surface area contributed by atoms with E-state index in [4.69, 9.17) is 10.5 Å². The molecular formula is C28H38N4O2. The van der Waals surface area contributed by atoms with Gasteiger partial charge in [-0.2, -0.15) is 5.10 Å². The number of hydrogen-bond donors (Lipinski definition) is 2. The highest BCUT2D eigenvalue weighted by molar-refractivity contribution is 6.02. The van der Waals surface area contributed by atoms with Gasteiger partial charge in [-0.1, -0.05) is 45.9 Å². The van der Waals surface area contributed by atoms with Crippen molar-refractivity contribution in [3.8, 4) is 16.9 Å². The standard InChI is InChI=1S/C26H32N4O2.C2H6/c1-15-8-17-10-16(2)24(18(9-15)11-17)29-25-21(26(27)31)13-28-30-14-19(12-22(25)30)20-6-4-5-7-23(20)32-3;1-2/h4-7,12-18,24,29H,8-11H2,1-3H3,(H2,27,31);1-2H3. The number of anilines is 1. The first-order valence-electron chi connectivity index (χ1n) is 12.7. The summed E-state index contributed by atoms with van der Waals surface area (Å²) < 4.78 is 7.39. The Bertz CT molecular complexity index is 1150. The minimum Gasteiger partial charge on any atom is -0.496 e. The first-order valence-corrected chi connectivity index (χ1v) is 12.7. The molecule has 182 valence electrons. The van der Waals surface area contributed by atoms with Gasteiger partial charge in [0.1, 0.15) is 5.75 Å². The molecule has 1 aromatic carbocycles. The van der Waals surface area contributed by atoms with Gasteiger partial charge in [-0.25, -0.2) is 4.52 Å². The number of benzene rings is 1. The fourth-order valence-electron chi connectivity index (χ4n) is 6.28. The average Bonchev–Trinajstić information content (AvgIpc) is 3.27. The molecule has 0 aliphatic heterocycles. The summed E-state index contributed by atoms with van der Waals surface area (Å²) >= 11 is 0. The molecule has 3 N–H and O–H groups in total. The molecule has 3 aromatic rings. The molecule has 6 nitrogen and oxygen atoms in total. The van der Waals surface area contributed by atoms with Crippen LogP contribution in [0.1, 0.15) is 63.7 Å². The highest BCUT2D eigenvalue weighted by Gasteiger charge is 2.40. The lowest BCUT2D eigenvalue weighted by Crippen LogP contribution is -2.45. The molecule has 5 unspecified atom stereocenters. The number of ether oxygens (including phenoxy) is 1. The van der Waals surface area contributed by atoms with Gasteiger partial charge in [-0.05, 0) is 61.5 Å². The number of hydrogen-bond acceptors (Lipinski definition) is 4. The quantitative estimate of drug-likeness (QED) is 0.487. The van der Waals surface area contributed by atoms with Crippen LogP contribution in [0, 0.1) is 23.7 Å². The largest absolute Gasteiger partial charge is 0.496 e. The number of nitrogens with two attached hydrogens (primary N) is 1. The zero-order valence-corrected chi connectivity index (χ0v) is 21.0. The number of amides is 1. The maximum atomic E-state index is 12.3. The Hall–Kier alpha value is -3.02. The smallest absolute Gasteiger partial charge is 0.252 e. The van der Waals surface area contributed by atoms with Crippen LogP contribution in [-0.4, -0.2) is 28.7 Å². The molecule has 2 aliphatic carbocycles. The number of carbonyl (C=O) groups excluding carboxylic acids is 1. The molecule has 0 saturated heterocycles. The van der Waals surface area contributed by atoms with E-state index in [2.05, 4.69) is 30.3 Å². The molecule has 2 fully saturated rings. The number of nitrogens with one attached hydrogen (secondary N) is 1. The molecule has 2 aromatic heterocycles. The van der Waals surface area contributed by atoms with Crippen molar-refractivity contribution in [2.75, 3.05) is 12.4 Å². The predicted molar refractivity (Wildman–Crippen MR) is 138 cm³/mol. The van der Waals surface area contributed by atoms with E-state index in [-0.39, 0.29) is 0 Å². The Labute approximate surface area is 202 Å². The lowest BCUT2D eigenvalue weighted by atomic mass is 9.63. The Morgan fingerprint density at radius 2 is 1.91 bits per heavy atom. The highest BCUT2D eigenvalue weighted by atomic mass is 16.5. The highest BCUT2D eigenvalue weighted by Crippen LogP contribution is 2.46. The summed E-state index contributed by atoms with van der Waals surface area (Å²) in [5.41, 5.74) is 9.86. The van der Waals surface area contributed by atoms with E-state index in [1.807, 2.05) is 48.8 Å². The topological polar surface area (TPSA) is 81.6 Å². The SMILES string of the molecule is CC.COc1ccccc1-c1cc2c(NC3C(C)CC4CC(C)CC3C4)c(C(N)=O)cnn2c1. The van der Waals surface area contributed by atoms with Crippen molar-refractivity contribution in [1.82, 2.24) is 9.61 Å². The van der Waals surface area contributed by atoms with Crippen molar-refractivity contribution in [3.63, 3.8) is 0 Å². The second-order valence-corrected chi connectivity index (χ2v) is 9.88. The second-order valence-electron chi connectivity index (χ2n) is 9.88. The number of fused-ring (bicyclic) bond motifs is 3. The van der Waals surface area contributed by atoms with E-state index in [0.29, 0.717) is 23.4 Å². The predicted octanol–water partition coefficient (Wildman–Crippen LogP) is 6.01. The molecule has 1 amide bonds. The van der Waals surface area contributed by atoms with Gasteiger partial charge < -0.3 is 15.8 Å². The van der Waals surface area contributed by atoms with Gasteiger partial charge >= 0.3 is 0 Å². The molecule has 34 heavy (non-hydrogen) atoms. The number of para-hydroxylation sites is 1. The van der Waals surface area contributed by atoms with E-state index < -0.39 is 5.91 Å². The van der Waals surface area contributed by atoms with Gasteiger partial charge in [-0.3, -0.25) is 4.79 Å². The molecular weight excluding hydrogens is 424 g/mol. The van der Waals surface area contributed by atoms with E-state index in [9.17, 15) is 4.79 Å². The monoisotopic (exact) mass is 462 g/mol. The van der Waals surface area contributed by atoms with E-state index >= 15 is 0 Å². The summed E-state index contributed by atoms with van der Waals surface area (Å²) in [6.45, 7) is 8.71. The Balaban J connectivity index is 0.00000133. The maximum Gasteiger partial charge on any atom is 0.252 e. The zero-order valence-electron chi connectivity index (χ0n) is 21.0. The zero-order chi connectivity index (χ0) is 24.4. The van der Waals surface area contributed by atoms with Crippen molar-refractivity contribution in [3.05, 3.63) is 48.3 Å². The first kappa shape index (κ1) is 24.1. The third-order valence-electron chi connectivity index (χ3n) is 7.53. The molecule has 2 bridgehead atoms. The molecule has 5 rings (SSSR count). The van der Waals surface area contributed by atoms with Crippen LogP contribution in [0.2, 0.25) is 0 Å². The van der Waals surface area contributed by atoms with Gasteiger partial charge in [0.05, 0.1) is 30.1 Å². The molecule has 2 aliphatic rings. The van der Waals surface area contributed by atoms with Crippen molar-refractivity contribution >= 4 is 17.1 Å². The molecule has 5 atom stereocenters. The Morgan fingerprint density at radius 1 is 1.15 bits per heavy atom. The van der Waals surface area contributed by atoms with Gasteiger partial charge in [-0.15, -0.1) is 0 Å². The van der Waals surface area contributed by atoms with E-state index in [0.717, 1.165) is 39.9 Å². The van der Waals surface area contributed by atoms with Crippen molar-refractivity contribution in [1.29, 1.82) is 0 Å². The van der Waals surface area contributed by atoms with Crippen LogP contribution in [0.25, 0.3) is 16.6 Å². The lowest BCUT2D eigenvalue weighted by molar-refractivity contribution is 0.0958. The second kappa shape index (κ2) is 10.1. The minimum absolute atomic E-state index is 0.322. The number of primary amides is 1. The molecule has 0 spiro atoms. The Morgan fingerprint density at radius 3 is 2.65 bits per heavy atom. The molecule has 0 radical (unpaired) electrons. The van der Waals surface area contributed by atoms with Crippen LogP contribution >= 0.6 is 0 Å². The average molecular weight is 463 g/mol. The fourth-order valence-corrected chi connectivity index (χ4v) is 6.28. The lowest BCUT2D eigenvalue weighted by Gasteiger charge is -2.47. The number of nitrogens with zero attached hydrogens (tertiary/aromatic N) is 2. The number of rotatable bonds is 5. The normalized spacial score (nSPS) is 25.9. The van der Waals surface area contributed by atoms with Crippen molar-refractivity contribution < 1.29 is 9.53 Å². The maximum absolute atomic E-state index is 12.3. The summed E-state index contributed by atoms with van der Waals surface area (Å²) in [6.07, 6.45) is 8.65. The van der Waals surface area contributed by atoms with Gasteiger partial charge in [0.15, 0.2) is 0 Å². The third-order valence-corrected chi connectivity index (χ3v) is 7.53. The van der Waals surface area contributed by atoms with Crippen molar-refractivity contribution in [2.45, 2.75) is 59.4 Å². The van der Waals surface area contributed by atoms with Gasteiger partial charge in [0.2, 0.25) is 0 Å². The summed E-state index contributed by atoms with van der Waals surface area (Å²) in [7, 11) is 1.67. The number of aromatic nitrogens is 2. The molecule has 2 heterocycles. The van der Waals surface area contributed by atoms with Crippen LogP contribution in [0.3, 0.4) is 0 Å². The molecule has 2 saturated carbocycles. The van der Waals surface area contributed by atoms with Gasteiger partial charge in [0.25, 0.3) is 5.91 Å². The van der Waals surface area contributed by atoms with Crippen LogP contribution in [0.15, 0.2) is 42.7 Å². The van der Waals surface area contributed by atoms with Crippen LogP contribution in [0.5, 0.6) is 5.75 Å². The Kier molecular flexibility index (Phi) is 7.15. The summed E-state index contributed by atoms with van der Waals surface area (Å²) in [5.74, 6) is 3.09. The number of methoxy groups -OCH3 is 1. The first-order chi connectivity index (χ1) is 16.4. The number of carbonyl (C=O) groups is 1. The van der Waals surface area contributed by atoms with E-state index in [1.165, 1.54) is 25.7 Å². The summed E-state index contributed by atoms with van der Waals surface area (Å²) in [5, 5.41) is 8.29. The summed E-state index contributed by atoms with van der Waals surface area (Å²) in [6, 6.07) is 10.3.